The number of ether oxygens (including phenoxy) is 1. The van der Waals surface area contributed by atoms with E-state index in [1.807, 2.05) is 36.4 Å². The Morgan fingerprint density at radius 2 is 2.12 bits per heavy atom. The lowest BCUT2D eigenvalue weighted by Crippen LogP contribution is -2.31. The molecule has 3 heterocycles. The van der Waals surface area contributed by atoms with Gasteiger partial charge in [0.2, 0.25) is 0 Å². The fraction of sp³-hybridized carbons (Fsp3) is 0.320. The molecule has 0 saturated heterocycles. The summed E-state index contributed by atoms with van der Waals surface area (Å²) in [6.07, 6.45) is 8.87. The molecule has 0 spiro atoms. The van der Waals surface area contributed by atoms with E-state index in [9.17, 15) is 0 Å². The maximum absolute atomic E-state index is 8.36. The third-order valence-electron chi connectivity index (χ3n) is 5.91. The third kappa shape index (κ3) is 6.05. The molecule has 4 rings (SSSR count). The van der Waals surface area contributed by atoms with E-state index >= 15 is 0 Å². The monoisotopic (exact) mass is 481 g/mol. The lowest BCUT2D eigenvalue weighted by molar-refractivity contribution is -0.122. The number of carboxylic acid groups (broad SMARTS) is 1. The largest absolute Gasteiger partial charge is 0.495 e. The molecule has 0 aliphatic carbocycles. The maximum Gasteiger partial charge on any atom is 0.290 e. The SMILES string of the molecule is CCC(C)N1C=CC(c2c[nH]c3ccc(NC(=S)Nc4ccccc4OC)nc23)CC1.O=CO. The highest BCUT2D eigenvalue weighted by Crippen LogP contribution is 2.32. The zero-order valence-electron chi connectivity index (χ0n) is 19.6. The number of fused-ring (bicyclic) bond motifs is 1. The van der Waals surface area contributed by atoms with Crippen molar-refractivity contribution in [1.82, 2.24) is 14.9 Å². The Kier molecular flexibility index (Phi) is 8.86. The average Bonchev–Trinajstić information content (AvgIpc) is 3.27. The number of thiocarbonyl (C=S) groups is 1. The molecule has 180 valence electrons. The summed E-state index contributed by atoms with van der Waals surface area (Å²) < 4.78 is 5.38. The molecule has 2 atom stereocenters. The van der Waals surface area contributed by atoms with Crippen LogP contribution in [-0.4, -0.2) is 51.3 Å². The second-order valence-corrected chi connectivity index (χ2v) is 8.36. The van der Waals surface area contributed by atoms with Crippen LogP contribution in [0.25, 0.3) is 11.0 Å². The van der Waals surface area contributed by atoms with E-state index in [1.54, 1.807) is 7.11 Å². The van der Waals surface area contributed by atoms with E-state index in [0.29, 0.717) is 22.9 Å². The first-order chi connectivity index (χ1) is 16.5. The van der Waals surface area contributed by atoms with Crippen molar-refractivity contribution in [2.75, 3.05) is 24.3 Å². The summed E-state index contributed by atoms with van der Waals surface area (Å²) in [5, 5.41) is 13.7. The van der Waals surface area contributed by atoms with Crippen molar-refractivity contribution in [3.63, 3.8) is 0 Å². The van der Waals surface area contributed by atoms with Crippen LogP contribution in [0.15, 0.2) is 54.9 Å². The molecule has 8 nitrogen and oxygen atoms in total. The van der Waals surface area contributed by atoms with Gasteiger partial charge in [0.15, 0.2) is 5.11 Å². The number of hydrogen-bond donors (Lipinski definition) is 4. The molecule has 4 N–H and O–H groups in total. The van der Waals surface area contributed by atoms with Gasteiger partial charge in [-0.3, -0.25) is 4.79 Å². The number of rotatable bonds is 6. The van der Waals surface area contributed by atoms with Crippen LogP contribution in [0, 0.1) is 0 Å². The highest BCUT2D eigenvalue weighted by atomic mass is 32.1. The van der Waals surface area contributed by atoms with Gasteiger partial charge in [-0.05, 0) is 62.4 Å². The van der Waals surface area contributed by atoms with E-state index in [4.69, 9.17) is 31.8 Å². The van der Waals surface area contributed by atoms with E-state index in [1.165, 1.54) is 5.56 Å². The smallest absolute Gasteiger partial charge is 0.290 e. The lowest BCUT2D eigenvalue weighted by atomic mass is 9.94. The van der Waals surface area contributed by atoms with Crippen LogP contribution >= 0.6 is 12.2 Å². The van der Waals surface area contributed by atoms with Gasteiger partial charge in [-0.2, -0.15) is 0 Å². The average molecular weight is 482 g/mol. The van der Waals surface area contributed by atoms with Crippen molar-refractivity contribution in [3.8, 4) is 5.75 Å². The predicted octanol–water partition coefficient (Wildman–Crippen LogP) is 5.18. The molecule has 0 radical (unpaired) electrons. The predicted molar refractivity (Wildman–Crippen MR) is 141 cm³/mol. The molecule has 9 heteroatoms. The van der Waals surface area contributed by atoms with Crippen molar-refractivity contribution < 1.29 is 14.6 Å². The van der Waals surface area contributed by atoms with Crippen LogP contribution in [0.4, 0.5) is 11.5 Å². The summed E-state index contributed by atoms with van der Waals surface area (Å²) >= 11 is 5.49. The molecule has 3 aromatic rings. The molecule has 1 aliphatic rings. The van der Waals surface area contributed by atoms with Crippen LogP contribution in [0.1, 0.15) is 38.2 Å². The number of nitrogens with one attached hydrogen (secondary N) is 3. The molecule has 1 aromatic carbocycles. The summed E-state index contributed by atoms with van der Waals surface area (Å²) in [7, 11) is 1.64. The van der Waals surface area contributed by atoms with Gasteiger partial charge in [-0.25, -0.2) is 4.98 Å². The molecule has 1 aliphatic heterocycles. The Labute approximate surface area is 205 Å². The minimum atomic E-state index is -0.250. The quantitative estimate of drug-likeness (QED) is 0.282. The van der Waals surface area contributed by atoms with Gasteiger partial charge in [0.25, 0.3) is 6.47 Å². The zero-order chi connectivity index (χ0) is 24.5. The number of methoxy groups -OCH3 is 1. The highest BCUT2D eigenvalue weighted by Gasteiger charge is 2.21. The molecule has 0 bridgehead atoms. The van der Waals surface area contributed by atoms with Crippen LogP contribution in [0.3, 0.4) is 0 Å². The molecule has 0 fully saturated rings. The van der Waals surface area contributed by atoms with E-state index < -0.39 is 0 Å². The van der Waals surface area contributed by atoms with Gasteiger partial charge >= 0.3 is 0 Å². The lowest BCUT2D eigenvalue weighted by Gasteiger charge is -2.32. The molecule has 0 amide bonds. The van der Waals surface area contributed by atoms with Crippen molar-refractivity contribution in [3.05, 3.63) is 60.4 Å². The minimum Gasteiger partial charge on any atom is -0.495 e. The number of para-hydroxylation sites is 2. The number of aromatic amines is 1. The van der Waals surface area contributed by atoms with Gasteiger partial charge in [0.05, 0.1) is 23.8 Å². The topological polar surface area (TPSA) is 103 Å². The summed E-state index contributed by atoms with van der Waals surface area (Å²) in [6.45, 7) is 5.32. The summed E-state index contributed by atoms with van der Waals surface area (Å²) in [6, 6.07) is 12.2. The van der Waals surface area contributed by atoms with Crippen LogP contribution in [-0.2, 0) is 4.79 Å². The van der Waals surface area contributed by atoms with Crippen molar-refractivity contribution in [2.45, 2.75) is 38.6 Å². The summed E-state index contributed by atoms with van der Waals surface area (Å²) in [4.78, 5) is 19.0. The Hall–Kier alpha value is -3.59. The Morgan fingerprint density at radius 1 is 1.35 bits per heavy atom. The van der Waals surface area contributed by atoms with Crippen molar-refractivity contribution >= 4 is 46.3 Å². The third-order valence-corrected chi connectivity index (χ3v) is 6.12. The van der Waals surface area contributed by atoms with Crippen LogP contribution < -0.4 is 15.4 Å². The number of anilines is 2. The van der Waals surface area contributed by atoms with Crippen LogP contribution in [0.2, 0.25) is 0 Å². The Morgan fingerprint density at radius 3 is 2.79 bits per heavy atom. The van der Waals surface area contributed by atoms with Gasteiger partial charge in [-0.1, -0.05) is 25.1 Å². The maximum atomic E-state index is 8.36. The van der Waals surface area contributed by atoms with Crippen molar-refractivity contribution in [1.29, 1.82) is 0 Å². The number of H-pyrrole nitrogens is 1. The van der Waals surface area contributed by atoms with Crippen LogP contribution in [0.5, 0.6) is 5.75 Å². The Bertz CT molecular complexity index is 1150. The summed E-state index contributed by atoms with van der Waals surface area (Å²) in [5.41, 5.74) is 4.05. The van der Waals surface area contributed by atoms with Gasteiger partial charge < -0.3 is 30.4 Å². The number of pyridine rings is 1. The second-order valence-electron chi connectivity index (χ2n) is 7.95. The molecule has 34 heavy (non-hydrogen) atoms. The highest BCUT2D eigenvalue weighted by molar-refractivity contribution is 7.80. The Balaban J connectivity index is 0.00000103. The molecule has 2 aromatic heterocycles. The molecular formula is C25H31N5O3S. The number of aromatic nitrogens is 2. The van der Waals surface area contributed by atoms with Gasteiger partial charge in [-0.15, -0.1) is 0 Å². The standard InChI is InChI=1S/C24H29N5OS.CH2O2/c1-4-16(2)29-13-11-17(12-14-29)18-15-25-20-9-10-22(27-23(18)20)28-24(31)26-19-7-5-6-8-21(19)30-3;2-1-3/h5-11,13,15-17,25H,4,12,14H2,1-3H3,(H2,26,27,28,31);1H,(H,2,3). The first-order valence-electron chi connectivity index (χ1n) is 11.2. The molecular weight excluding hydrogens is 450 g/mol. The first kappa shape index (κ1) is 25.0. The number of carbonyl (C=O) groups is 1. The van der Waals surface area contributed by atoms with E-state index in [0.717, 1.165) is 41.9 Å². The van der Waals surface area contributed by atoms with E-state index in [-0.39, 0.29) is 6.47 Å². The number of benzene rings is 1. The summed E-state index contributed by atoms with van der Waals surface area (Å²) in [5.74, 6) is 1.80. The van der Waals surface area contributed by atoms with E-state index in [2.05, 4.69) is 52.8 Å². The first-order valence-corrected chi connectivity index (χ1v) is 11.6. The zero-order valence-corrected chi connectivity index (χ0v) is 20.4. The number of allylic oxidation sites excluding steroid dienone is 1. The molecule has 2 unspecified atom stereocenters. The van der Waals surface area contributed by atoms with Gasteiger partial charge in [0, 0.05) is 30.3 Å². The second kappa shape index (κ2) is 12.0. The minimum absolute atomic E-state index is 0.250. The van der Waals surface area contributed by atoms with Gasteiger partial charge in [0.1, 0.15) is 11.6 Å². The van der Waals surface area contributed by atoms with Crippen molar-refractivity contribution in [2.24, 2.45) is 0 Å². The fourth-order valence-corrected chi connectivity index (χ4v) is 4.14. The number of nitrogens with zero attached hydrogens (tertiary/aromatic N) is 2. The normalized spacial score (nSPS) is 15.7. The number of hydrogen-bond acceptors (Lipinski definition) is 5. The molecule has 0 saturated carbocycles. The fourth-order valence-electron chi connectivity index (χ4n) is 3.92.